The van der Waals surface area contributed by atoms with E-state index in [0.29, 0.717) is 11.5 Å². The summed E-state index contributed by atoms with van der Waals surface area (Å²) in [6.45, 7) is 0. The molecule has 10 aromatic rings. The summed E-state index contributed by atoms with van der Waals surface area (Å²) >= 11 is 0. The summed E-state index contributed by atoms with van der Waals surface area (Å²) in [6.07, 6.45) is 0. The van der Waals surface area contributed by atoms with Crippen molar-refractivity contribution in [2.45, 2.75) is 0 Å². The summed E-state index contributed by atoms with van der Waals surface area (Å²) in [5.74, 6) is 0.645. The fraction of sp³-hybridized carbons (Fsp3) is 0. The monoisotopic (exact) mass is 624 g/mol. The van der Waals surface area contributed by atoms with E-state index in [2.05, 4.69) is 121 Å². The molecule has 0 aliphatic rings. The Bertz CT molecular complexity index is 2850. The lowest BCUT2D eigenvalue weighted by Gasteiger charge is -2.13. The van der Waals surface area contributed by atoms with Gasteiger partial charge in [0, 0.05) is 16.5 Å². The highest BCUT2D eigenvalue weighted by Gasteiger charge is 2.18. The maximum Gasteiger partial charge on any atom is 0.231 e. The number of para-hydroxylation sites is 1. The molecule has 0 radical (unpaired) electrons. The molecule has 3 nitrogen and oxygen atoms in total. The molecular formula is C46H28N2O. The first kappa shape index (κ1) is 27.5. The van der Waals surface area contributed by atoms with Gasteiger partial charge in [0.15, 0.2) is 5.82 Å². The first-order valence-corrected chi connectivity index (χ1v) is 16.6. The summed E-state index contributed by atoms with van der Waals surface area (Å²) in [5, 5.41) is 9.63. The van der Waals surface area contributed by atoms with Crippen molar-refractivity contribution in [3.8, 4) is 44.9 Å². The number of furan rings is 1. The van der Waals surface area contributed by atoms with E-state index < -0.39 is 0 Å². The predicted molar refractivity (Wildman–Crippen MR) is 204 cm³/mol. The van der Waals surface area contributed by atoms with Crippen LogP contribution in [0.1, 0.15) is 0 Å². The minimum absolute atomic E-state index is 0.592. The Hall–Kier alpha value is -6.58. The zero-order valence-corrected chi connectivity index (χ0v) is 26.5. The van der Waals surface area contributed by atoms with Gasteiger partial charge in [0.05, 0.1) is 11.1 Å². The number of aromatic nitrogens is 2. The first-order valence-electron chi connectivity index (χ1n) is 16.6. The van der Waals surface area contributed by atoms with Gasteiger partial charge in [-0.3, -0.25) is 0 Å². The van der Waals surface area contributed by atoms with Crippen LogP contribution in [0.15, 0.2) is 174 Å². The zero-order valence-electron chi connectivity index (χ0n) is 26.5. The molecule has 228 valence electrons. The minimum atomic E-state index is 0.592. The zero-order chi connectivity index (χ0) is 32.3. The average molecular weight is 625 g/mol. The van der Waals surface area contributed by atoms with Crippen molar-refractivity contribution in [3.05, 3.63) is 170 Å². The molecule has 0 aliphatic heterocycles. The number of hydrogen-bond donors (Lipinski definition) is 0. The SMILES string of the molecule is c1ccc(-c2nc(-c3cccc(-c4cccc(-c5ccc6c7ccccc7c7ccccc7c6c5)c4)c3)c3c(n2)oc2ccccc23)cc1. The van der Waals surface area contributed by atoms with Crippen molar-refractivity contribution in [3.63, 3.8) is 0 Å². The van der Waals surface area contributed by atoms with Crippen molar-refractivity contribution in [1.82, 2.24) is 9.97 Å². The van der Waals surface area contributed by atoms with Crippen LogP contribution in [0.3, 0.4) is 0 Å². The van der Waals surface area contributed by atoms with E-state index >= 15 is 0 Å². The topological polar surface area (TPSA) is 38.9 Å². The molecule has 0 amide bonds. The second-order valence-corrected chi connectivity index (χ2v) is 12.6. The van der Waals surface area contributed by atoms with Crippen molar-refractivity contribution < 1.29 is 4.42 Å². The van der Waals surface area contributed by atoms with Crippen LogP contribution in [0.5, 0.6) is 0 Å². The molecule has 0 saturated carbocycles. The van der Waals surface area contributed by atoms with Crippen LogP contribution in [-0.2, 0) is 0 Å². The van der Waals surface area contributed by atoms with E-state index in [1.165, 1.54) is 43.4 Å². The molecule has 0 saturated heterocycles. The van der Waals surface area contributed by atoms with E-state index in [4.69, 9.17) is 14.4 Å². The van der Waals surface area contributed by atoms with Gasteiger partial charge >= 0.3 is 0 Å². The standard InChI is InChI=1S/C46H28N2O/c1-2-12-29(13-3-1)45-47-44(43-40-22-8-9-23-42(40)49-46(43)48-45)34-17-11-16-32(27-34)30-14-10-15-31(26-30)33-24-25-39-37-20-5-4-18-35(37)36-19-6-7-21-38(36)41(39)28-33/h1-28H. The Morgan fingerprint density at radius 3 is 1.49 bits per heavy atom. The highest BCUT2D eigenvalue weighted by atomic mass is 16.3. The predicted octanol–water partition coefficient (Wildman–Crippen LogP) is 12.5. The van der Waals surface area contributed by atoms with Crippen molar-refractivity contribution in [1.29, 1.82) is 0 Å². The van der Waals surface area contributed by atoms with Gasteiger partial charge in [-0.25, -0.2) is 4.98 Å². The summed E-state index contributed by atoms with van der Waals surface area (Å²) < 4.78 is 6.29. The molecule has 10 rings (SSSR count). The van der Waals surface area contributed by atoms with E-state index in [1.54, 1.807) is 0 Å². The third-order valence-electron chi connectivity index (χ3n) is 9.68. The van der Waals surface area contributed by atoms with Crippen LogP contribution in [-0.4, -0.2) is 9.97 Å². The molecule has 0 unspecified atom stereocenters. The smallest absolute Gasteiger partial charge is 0.231 e. The molecule has 0 spiro atoms. The van der Waals surface area contributed by atoms with Gasteiger partial charge in [-0.05, 0) is 78.8 Å². The van der Waals surface area contributed by atoms with Gasteiger partial charge in [0.25, 0.3) is 0 Å². The molecule has 49 heavy (non-hydrogen) atoms. The van der Waals surface area contributed by atoms with Gasteiger partial charge in [-0.2, -0.15) is 4.98 Å². The lowest BCUT2D eigenvalue weighted by atomic mass is 9.91. The Labute approximate surface area is 282 Å². The number of benzene rings is 8. The number of fused-ring (bicyclic) bond motifs is 9. The lowest BCUT2D eigenvalue weighted by Crippen LogP contribution is -1.94. The third kappa shape index (κ3) is 4.51. The largest absolute Gasteiger partial charge is 0.438 e. The average Bonchev–Trinajstić information content (AvgIpc) is 3.57. The fourth-order valence-electron chi connectivity index (χ4n) is 7.36. The Balaban J connectivity index is 1.12. The normalized spacial score (nSPS) is 11.7. The van der Waals surface area contributed by atoms with Gasteiger partial charge in [0.2, 0.25) is 5.71 Å². The molecule has 0 aliphatic carbocycles. The molecule has 2 heterocycles. The summed E-state index contributed by atoms with van der Waals surface area (Å²) in [4.78, 5) is 10.0. The van der Waals surface area contributed by atoms with Gasteiger partial charge in [-0.15, -0.1) is 0 Å². The highest BCUT2D eigenvalue weighted by molar-refractivity contribution is 6.25. The Morgan fingerprint density at radius 1 is 0.327 bits per heavy atom. The molecule has 0 atom stereocenters. The van der Waals surface area contributed by atoms with Crippen LogP contribution in [0.25, 0.3) is 99.3 Å². The molecular weight excluding hydrogens is 597 g/mol. The van der Waals surface area contributed by atoms with E-state index in [9.17, 15) is 0 Å². The van der Waals surface area contributed by atoms with Crippen molar-refractivity contribution in [2.24, 2.45) is 0 Å². The maximum atomic E-state index is 6.29. The maximum absolute atomic E-state index is 6.29. The molecule has 0 N–H and O–H groups in total. The summed E-state index contributed by atoms with van der Waals surface area (Å²) in [5.41, 5.74) is 8.87. The number of hydrogen-bond acceptors (Lipinski definition) is 3. The second kappa shape index (κ2) is 11.0. The fourth-order valence-corrected chi connectivity index (χ4v) is 7.36. The Morgan fingerprint density at radius 2 is 0.816 bits per heavy atom. The lowest BCUT2D eigenvalue weighted by molar-refractivity contribution is 0.653. The molecule has 2 aromatic heterocycles. The molecule has 0 fully saturated rings. The third-order valence-corrected chi connectivity index (χ3v) is 9.68. The van der Waals surface area contributed by atoms with Crippen LogP contribution in [0.2, 0.25) is 0 Å². The van der Waals surface area contributed by atoms with E-state index in [-0.39, 0.29) is 0 Å². The van der Waals surface area contributed by atoms with Gasteiger partial charge in [0.1, 0.15) is 5.58 Å². The van der Waals surface area contributed by atoms with Crippen LogP contribution >= 0.6 is 0 Å². The summed E-state index contributed by atoms with van der Waals surface area (Å²) in [6, 6.07) is 60.0. The van der Waals surface area contributed by atoms with E-state index in [1.807, 2.05) is 48.5 Å². The van der Waals surface area contributed by atoms with Crippen LogP contribution < -0.4 is 0 Å². The molecule has 3 heteroatoms. The minimum Gasteiger partial charge on any atom is -0.438 e. The van der Waals surface area contributed by atoms with Gasteiger partial charge < -0.3 is 4.42 Å². The number of nitrogens with zero attached hydrogens (tertiary/aromatic N) is 2. The van der Waals surface area contributed by atoms with Crippen molar-refractivity contribution >= 4 is 54.4 Å². The van der Waals surface area contributed by atoms with Crippen LogP contribution in [0.4, 0.5) is 0 Å². The summed E-state index contributed by atoms with van der Waals surface area (Å²) in [7, 11) is 0. The first-order chi connectivity index (χ1) is 24.3. The quantitative estimate of drug-likeness (QED) is 0.183. The molecule has 8 aromatic carbocycles. The van der Waals surface area contributed by atoms with E-state index in [0.717, 1.165) is 44.3 Å². The van der Waals surface area contributed by atoms with Crippen molar-refractivity contribution in [2.75, 3.05) is 0 Å². The second-order valence-electron chi connectivity index (χ2n) is 12.6. The van der Waals surface area contributed by atoms with Gasteiger partial charge in [-0.1, -0.05) is 146 Å². The Kier molecular flexibility index (Phi) is 6.18. The van der Waals surface area contributed by atoms with Crippen LogP contribution in [0, 0.1) is 0 Å². The number of rotatable bonds is 4. The highest BCUT2D eigenvalue weighted by Crippen LogP contribution is 2.40. The molecule has 0 bridgehead atoms.